The maximum Gasteiger partial charge on any atom is 0.102 e. The van der Waals surface area contributed by atoms with Crippen LogP contribution in [0.3, 0.4) is 0 Å². The Morgan fingerprint density at radius 2 is 1.39 bits per heavy atom. The van der Waals surface area contributed by atoms with Crippen LogP contribution < -0.4 is 24.0 Å². The van der Waals surface area contributed by atoms with Gasteiger partial charge in [0.1, 0.15) is 13.1 Å². The van der Waals surface area contributed by atoms with Crippen molar-refractivity contribution in [3.63, 3.8) is 0 Å². The smallest absolute Gasteiger partial charge is 0.102 e. The summed E-state index contributed by atoms with van der Waals surface area (Å²) in [5.41, 5.74) is 3.90. The van der Waals surface area contributed by atoms with Crippen molar-refractivity contribution in [2.45, 2.75) is 0 Å². The van der Waals surface area contributed by atoms with Crippen LogP contribution in [0.2, 0.25) is 0 Å². The predicted molar refractivity (Wildman–Crippen MR) is 91.6 cm³/mol. The molecular weight excluding hydrogens is 397 g/mol. The van der Waals surface area contributed by atoms with E-state index in [0.717, 1.165) is 37.3 Å². The highest BCUT2D eigenvalue weighted by atomic mass is 127. The average Bonchev–Trinajstić information content (AvgIpc) is 2.58. The Morgan fingerprint density at radius 1 is 0.913 bits per heavy atom. The van der Waals surface area contributed by atoms with Gasteiger partial charge in [0.25, 0.3) is 0 Å². The van der Waals surface area contributed by atoms with Gasteiger partial charge in [-0.3, -0.25) is 0 Å². The molecule has 0 saturated carbocycles. The second-order valence-electron chi connectivity index (χ2n) is 6.21. The lowest BCUT2D eigenvalue weighted by molar-refractivity contribution is -0.911. The molecule has 0 N–H and O–H groups in total. The van der Waals surface area contributed by atoms with Crippen molar-refractivity contribution in [2.24, 2.45) is 0 Å². The van der Waals surface area contributed by atoms with Crippen molar-refractivity contribution in [3.05, 3.63) is 77.9 Å². The fraction of sp³-hybridized carbons (Fsp3) is 0.300. The van der Waals surface area contributed by atoms with E-state index in [1.165, 1.54) is 16.7 Å². The van der Waals surface area contributed by atoms with Gasteiger partial charge < -0.3 is 33.2 Å². The van der Waals surface area contributed by atoms with Crippen LogP contribution in [0.15, 0.2) is 66.7 Å². The van der Waals surface area contributed by atoms with Crippen molar-refractivity contribution in [1.29, 1.82) is 0 Å². The second-order valence-corrected chi connectivity index (χ2v) is 6.21. The topological polar surface area (TPSA) is 9.23 Å². The van der Waals surface area contributed by atoms with Crippen LogP contribution in [0.1, 0.15) is 11.1 Å². The molecule has 0 bridgehead atoms. The highest BCUT2D eigenvalue weighted by molar-refractivity contribution is 5.79. The van der Waals surface area contributed by atoms with E-state index in [1.807, 2.05) is 0 Å². The lowest BCUT2D eigenvalue weighted by atomic mass is 9.97. The van der Waals surface area contributed by atoms with Gasteiger partial charge in [-0.2, -0.15) is 0 Å². The molecule has 0 amide bonds. The normalized spacial score (nSPS) is 16.2. The Labute approximate surface area is 156 Å². The molecule has 2 aromatic carbocycles. The van der Waals surface area contributed by atoms with Crippen LogP contribution in [0, 0.1) is 0 Å². The molecule has 1 fully saturated rings. The van der Waals surface area contributed by atoms with E-state index in [-0.39, 0.29) is 24.0 Å². The summed E-state index contributed by atoms with van der Waals surface area (Å²) in [7, 11) is 2.33. The molecule has 0 atom stereocenters. The number of quaternary nitrogens is 1. The van der Waals surface area contributed by atoms with E-state index in [1.54, 1.807) is 0 Å². The van der Waals surface area contributed by atoms with Crippen LogP contribution in [0.25, 0.3) is 5.57 Å². The Morgan fingerprint density at radius 3 is 1.87 bits per heavy atom. The number of benzene rings is 2. The van der Waals surface area contributed by atoms with Crippen LogP contribution >= 0.6 is 0 Å². The molecule has 0 radical (unpaired) electrons. The van der Waals surface area contributed by atoms with E-state index >= 15 is 0 Å². The second kappa shape index (κ2) is 8.62. The standard InChI is InChI=1S/C20H24NO.HI/c1-21(14-16-22-17-15-21)13-12-20(18-8-4-2-5-9-18)19-10-6-3-7-11-19;/h2-12H,13-17H2,1H3;1H/q+1;/p-1. The maximum absolute atomic E-state index is 5.50. The maximum atomic E-state index is 5.50. The van der Waals surface area contributed by atoms with Crippen molar-refractivity contribution in [2.75, 3.05) is 39.9 Å². The highest BCUT2D eigenvalue weighted by Gasteiger charge is 2.24. The van der Waals surface area contributed by atoms with Gasteiger partial charge in [-0.05, 0) is 22.8 Å². The van der Waals surface area contributed by atoms with Crippen molar-refractivity contribution in [1.82, 2.24) is 0 Å². The van der Waals surface area contributed by atoms with E-state index in [4.69, 9.17) is 4.74 Å². The highest BCUT2D eigenvalue weighted by Crippen LogP contribution is 2.24. The monoisotopic (exact) mass is 421 g/mol. The first-order chi connectivity index (χ1) is 10.8. The first kappa shape index (κ1) is 18.2. The summed E-state index contributed by atoms with van der Waals surface area (Å²) in [5, 5.41) is 0. The number of hydrogen-bond acceptors (Lipinski definition) is 1. The van der Waals surface area contributed by atoms with Crippen molar-refractivity contribution in [3.8, 4) is 0 Å². The largest absolute Gasteiger partial charge is 1.00 e. The number of likely N-dealkylation sites (N-methyl/N-ethyl adjacent to an activating group) is 1. The van der Waals surface area contributed by atoms with Gasteiger partial charge in [-0.1, -0.05) is 60.7 Å². The molecule has 1 heterocycles. The Bertz CT molecular complexity index is 577. The lowest BCUT2D eigenvalue weighted by Gasteiger charge is -2.36. The minimum atomic E-state index is 0. The summed E-state index contributed by atoms with van der Waals surface area (Å²) in [6, 6.07) is 21.3. The van der Waals surface area contributed by atoms with Crippen molar-refractivity contribution >= 4 is 5.57 Å². The zero-order valence-electron chi connectivity index (χ0n) is 13.6. The lowest BCUT2D eigenvalue weighted by Crippen LogP contribution is -3.00. The molecule has 122 valence electrons. The van der Waals surface area contributed by atoms with Gasteiger partial charge in [-0.25, -0.2) is 0 Å². The summed E-state index contributed by atoms with van der Waals surface area (Å²) < 4.78 is 6.56. The summed E-state index contributed by atoms with van der Waals surface area (Å²) in [5.74, 6) is 0. The molecule has 1 aliphatic rings. The number of halogens is 1. The molecule has 1 saturated heterocycles. The van der Waals surface area contributed by atoms with Gasteiger partial charge in [0.2, 0.25) is 0 Å². The molecule has 3 heteroatoms. The van der Waals surface area contributed by atoms with Crippen LogP contribution in [0.4, 0.5) is 0 Å². The number of hydrogen-bond donors (Lipinski definition) is 0. The van der Waals surface area contributed by atoms with Gasteiger partial charge in [0, 0.05) is 0 Å². The zero-order valence-corrected chi connectivity index (χ0v) is 15.8. The predicted octanol–water partition coefficient (Wildman–Crippen LogP) is 0.599. The Kier molecular flexibility index (Phi) is 6.81. The van der Waals surface area contributed by atoms with Gasteiger partial charge >= 0.3 is 0 Å². The third-order valence-corrected chi connectivity index (χ3v) is 4.46. The molecular formula is C20H24INO. The van der Waals surface area contributed by atoms with Gasteiger partial charge in [0.15, 0.2) is 0 Å². The first-order valence-corrected chi connectivity index (χ1v) is 7.99. The SMILES string of the molecule is C[N+]1(CC=C(c2ccccc2)c2ccccc2)CCOCC1.[I-]. The third kappa shape index (κ3) is 4.90. The minimum Gasteiger partial charge on any atom is -1.00 e. The molecule has 3 rings (SSSR count). The summed E-state index contributed by atoms with van der Waals surface area (Å²) >= 11 is 0. The average molecular weight is 421 g/mol. The molecule has 0 aliphatic carbocycles. The number of nitrogens with zero attached hydrogens (tertiary/aromatic N) is 1. The van der Waals surface area contributed by atoms with Gasteiger partial charge in [0.05, 0.1) is 26.8 Å². The molecule has 23 heavy (non-hydrogen) atoms. The minimum absolute atomic E-state index is 0. The summed E-state index contributed by atoms with van der Waals surface area (Å²) in [6.45, 7) is 4.97. The third-order valence-electron chi connectivity index (χ3n) is 4.46. The first-order valence-electron chi connectivity index (χ1n) is 7.99. The number of rotatable bonds is 4. The molecule has 1 aliphatic heterocycles. The summed E-state index contributed by atoms with van der Waals surface area (Å²) in [6.07, 6.45) is 2.40. The van der Waals surface area contributed by atoms with Crippen LogP contribution in [-0.2, 0) is 4.74 Å². The van der Waals surface area contributed by atoms with E-state index < -0.39 is 0 Å². The fourth-order valence-electron chi connectivity index (χ4n) is 2.92. The van der Waals surface area contributed by atoms with E-state index in [2.05, 4.69) is 73.8 Å². The number of morpholine rings is 1. The Hall–Kier alpha value is -1.17. The zero-order chi connectivity index (χ0) is 15.3. The van der Waals surface area contributed by atoms with Gasteiger partial charge in [-0.15, -0.1) is 0 Å². The molecule has 2 aromatic rings. The van der Waals surface area contributed by atoms with Crippen LogP contribution in [-0.4, -0.2) is 44.4 Å². The fourth-order valence-corrected chi connectivity index (χ4v) is 2.92. The Balaban J connectivity index is 0.00000192. The van der Waals surface area contributed by atoms with Crippen molar-refractivity contribution < 1.29 is 33.2 Å². The van der Waals surface area contributed by atoms with Crippen LogP contribution in [0.5, 0.6) is 0 Å². The quantitative estimate of drug-likeness (QED) is 0.519. The number of ether oxygens (including phenoxy) is 1. The molecule has 0 aromatic heterocycles. The van der Waals surface area contributed by atoms with E-state index in [0.29, 0.717) is 0 Å². The molecule has 0 unspecified atom stereocenters. The molecule has 0 spiro atoms. The molecule has 2 nitrogen and oxygen atoms in total. The van der Waals surface area contributed by atoms with E-state index in [9.17, 15) is 0 Å². The summed E-state index contributed by atoms with van der Waals surface area (Å²) in [4.78, 5) is 0.